The first-order valence-corrected chi connectivity index (χ1v) is 9.79. The van der Waals surface area contributed by atoms with Gasteiger partial charge in [-0.1, -0.05) is 0 Å². The minimum Gasteiger partial charge on any atom is -0.455 e. The number of hydrogen-bond donors (Lipinski definition) is 0. The summed E-state index contributed by atoms with van der Waals surface area (Å²) >= 11 is 0. The van der Waals surface area contributed by atoms with Gasteiger partial charge in [0.15, 0.2) is 17.8 Å². The molecule has 0 saturated carbocycles. The van der Waals surface area contributed by atoms with Crippen LogP contribution in [0.1, 0.15) is 10.4 Å². The van der Waals surface area contributed by atoms with E-state index in [0.29, 0.717) is 29.3 Å². The number of carbonyl (C=O) groups excluding carboxylic acids is 1. The van der Waals surface area contributed by atoms with Crippen LogP contribution in [0, 0.1) is 0 Å². The summed E-state index contributed by atoms with van der Waals surface area (Å²) in [5.74, 6) is 1.73. The highest BCUT2D eigenvalue weighted by Crippen LogP contribution is 2.32. The number of rotatable bonds is 7. The zero-order valence-electron chi connectivity index (χ0n) is 16.8. The van der Waals surface area contributed by atoms with Gasteiger partial charge in [-0.3, -0.25) is 9.78 Å². The molecule has 0 bridgehead atoms. The molecular formula is C24H17N5O3. The number of ether oxygens (including phenoxy) is 2. The lowest BCUT2D eigenvalue weighted by Gasteiger charge is -2.13. The molecule has 0 atom stereocenters. The molecule has 0 aliphatic rings. The molecule has 8 heteroatoms. The molecular weight excluding hydrogens is 406 g/mol. The fraction of sp³-hybridized carbons (Fsp3) is 0. The van der Waals surface area contributed by atoms with E-state index in [1.165, 1.54) is 12.4 Å². The molecule has 0 aliphatic heterocycles. The Hall–Kier alpha value is -4.72. The molecule has 0 fully saturated rings. The van der Waals surface area contributed by atoms with Crippen LogP contribution >= 0.6 is 0 Å². The van der Waals surface area contributed by atoms with Crippen LogP contribution in [0.4, 0.5) is 0 Å². The summed E-state index contributed by atoms with van der Waals surface area (Å²) in [5, 5.41) is 8.39. The van der Waals surface area contributed by atoms with E-state index in [-0.39, 0.29) is 5.56 Å². The minimum atomic E-state index is 0.271. The van der Waals surface area contributed by atoms with E-state index < -0.39 is 0 Å². The Morgan fingerprint density at radius 1 is 0.688 bits per heavy atom. The van der Waals surface area contributed by atoms with Crippen LogP contribution < -0.4 is 9.47 Å². The van der Waals surface area contributed by atoms with Crippen molar-refractivity contribution in [2.24, 2.45) is 0 Å². The second-order valence-corrected chi connectivity index (χ2v) is 6.76. The van der Waals surface area contributed by atoms with Gasteiger partial charge >= 0.3 is 0 Å². The summed E-state index contributed by atoms with van der Waals surface area (Å²) in [5.41, 5.74) is 2.06. The Kier molecular flexibility index (Phi) is 5.15. The number of aromatic nitrogens is 5. The van der Waals surface area contributed by atoms with Gasteiger partial charge in [-0.15, -0.1) is 0 Å². The first-order valence-electron chi connectivity index (χ1n) is 9.79. The molecule has 0 spiro atoms. The molecule has 156 valence electrons. The van der Waals surface area contributed by atoms with E-state index in [2.05, 4.69) is 15.2 Å². The highest BCUT2D eigenvalue weighted by atomic mass is 16.5. The largest absolute Gasteiger partial charge is 0.455 e. The Morgan fingerprint density at radius 3 is 1.53 bits per heavy atom. The van der Waals surface area contributed by atoms with Gasteiger partial charge in [0.05, 0.1) is 23.8 Å². The van der Waals surface area contributed by atoms with E-state index in [1.54, 1.807) is 46.0 Å². The van der Waals surface area contributed by atoms with Crippen molar-refractivity contribution in [3.8, 4) is 34.4 Å². The third-order valence-electron chi connectivity index (χ3n) is 4.70. The van der Waals surface area contributed by atoms with Crippen molar-refractivity contribution in [3.05, 3.63) is 103 Å². The third kappa shape index (κ3) is 3.97. The summed E-state index contributed by atoms with van der Waals surface area (Å²) < 4.78 is 15.3. The van der Waals surface area contributed by atoms with Gasteiger partial charge in [0.1, 0.15) is 17.1 Å². The van der Waals surface area contributed by atoms with Crippen molar-refractivity contribution < 1.29 is 14.3 Å². The fourth-order valence-corrected chi connectivity index (χ4v) is 3.14. The van der Waals surface area contributed by atoms with Gasteiger partial charge in [0.25, 0.3) is 0 Å². The van der Waals surface area contributed by atoms with Crippen LogP contribution in [0.5, 0.6) is 23.0 Å². The molecule has 0 unspecified atom stereocenters. The minimum absolute atomic E-state index is 0.271. The highest BCUT2D eigenvalue weighted by molar-refractivity contribution is 5.83. The molecule has 2 aromatic carbocycles. The van der Waals surface area contributed by atoms with Crippen LogP contribution in [-0.4, -0.2) is 30.8 Å². The van der Waals surface area contributed by atoms with Gasteiger partial charge in [0.2, 0.25) is 0 Å². The maximum atomic E-state index is 11.8. The zero-order valence-corrected chi connectivity index (χ0v) is 16.8. The lowest BCUT2D eigenvalue weighted by atomic mass is 10.2. The van der Waals surface area contributed by atoms with Crippen molar-refractivity contribution in [3.63, 3.8) is 0 Å². The van der Waals surface area contributed by atoms with Gasteiger partial charge < -0.3 is 9.47 Å². The first-order chi connectivity index (χ1) is 15.8. The molecule has 8 nitrogen and oxygen atoms in total. The third-order valence-corrected chi connectivity index (χ3v) is 4.70. The summed E-state index contributed by atoms with van der Waals surface area (Å²) in [6.07, 6.45) is 10.8. The number of benzene rings is 2. The van der Waals surface area contributed by atoms with E-state index in [9.17, 15) is 4.79 Å². The SMILES string of the molecule is O=Cc1c(Oc2ccc(-n3cccn3)cc2)cncc1Oc1ccc(-n2cccn2)cc1. The molecule has 0 saturated heterocycles. The first kappa shape index (κ1) is 19.3. The van der Waals surface area contributed by atoms with E-state index in [1.807, 2.05) is 48.8 Å². The second kappa shape index (κ2) is 8.57. The Morgan fingerprint density at radius 2 is 1.16 bits per heavy atom. The lowest BCUT2D eigenvalue weighted by Crippen LogP contribution is -1.98. The number of aldehydes is 1. The van der Waals surface area contributed by atoms with Crippen molar-refractivity contribution in [1.82, 2.24) is 24.5 Å². The molecule has 5 aromatic rings. The molecule has 0 aliphatic carbocycles. The van der Waals surface area contributed by atoms with Gasteiger partial charge in [-0.25, -0.2) is 9.36 Å². The average molecular weight is 423 g/mol. The maximum absolute atomic E-state index is 11.8. The van der Waals surface area contributed by atoms with Gasteiger partial charge in [-0.05, 0) is 60.7 Å². The average Bonchev–Trinajstić information content (AvgIpc) is 3.55. The summed E-state index contributed by atoms with van der Waals surface area (Å²) in [6, 6.07) is 18.4. The number of carbonyl (C=O) groups is 1. The summed E-state index contributed by atoms with van der Waals surface area (Å²) in [4.78, 5) is 16.0. The molecule has 3 heterocycles. The topological polar surface area (TPSA) is 84.1 Å². The van der Waals surface area contributed by atoms with Crippen LogP contribution in [0.2, 0.25) is 0 Å². The molecule has 0 radical (unpaired) electrons. The molecule has 3 aromatic heterocycles. The van der Waals surface area contributed by atoms with Gasteiger partial charge in [0, 0.05) is 24.8 Å². The summed E-state index contributed by atoms with van der Waals surface area (Å²) in [7, 11) is 0. The molecule has 5 rings (SSSR count). The van der Waals surface area contributed by atoms with Gasteiger partial charge in [-0.2, -0.15) is 10.2 Å². The Balaban J connectivity index is 1.35. The van der Waals surface area contributed by atoms with E-state index >= 15 is 0 Å². The van der Waals surface area contributed by atoms with E-state index in [4.69, 9.17) is 9.47 Å². The van der Waals surface area contributed by atoms with Crippen molar-refractivity contribution in [2.75, 3.05) is 0 Å². The Labute approximate surface area is 183 Å². The fourth-order valence-electron chi connectivity index (χ4n) is 3.14. The standard InChI is InChI=1S/C24H17N5O3/c30-17-22-23(31-20-7-3-18(4-8-20)28-13-1-11-26-28)15-25-16-24(22)32-21-9-5-19(6-10-21)29-14-2-12-27-29/h1-17H. The normalized spacial score (nSPS) is 10.6. The van der Waals surface area contributed by atoms with Crippen molar-refractivity contribution >= 4 is 6.29 Å². The predicted molar refractivity (Wildman–Crippen MR) is 117 cm³/mol. The van der Waals surface area contributed by atoms with Crippen molar-refractivity contribution in [1.29, 1.82) is 0 Å². The molecule has 32 heavy (non-hydrogen) atoms. The van der Waals surface area contributed by atoms with Crippen molar-refractivity contribution in [2.45, 2.75) is 0 Å². The second-order valence-electron chi connectivity index (χ2n) is 6.76. The van der Waals surface area contributed by atoms with Crippen LogP contribution in [0.25, 0.3) is 11.4 Å². The summed E-state index contributed by atoms with van der Waals surface area (Å²) in [6.45, 7) is 0. The van der Waals surface area contributed by atoms with E-state index in [0.717, 1.165) is 11.4 Å². The molecule has 0 amide bonds. The monoisotopic (exact) mass is 423 g/mol. The quantitative estimate of drug-likeness (QED) is 0.348. The maximum Gasteiger partial charge on any atom is 0.159 e. The van der Waals surface area contributed by atoms with Crippen LogP contribution in [-0.2, 0) is 0 Å². The lowest BCUT2D eigenvalue weighted by molar-refractivity contribution is 0.111. The van der Waals surface area contributed by atoms with Crippen LogP contribution in [0.3, 0.4) is 0 Å². The zero-order chi connectivity index (χ0) is 21.8. The number of nitrogens with zero attached hydrogens (tertiary/aromatic N) is 5. The highest BCUT2D eigenvalue weighted by Gasteiger charge is 2.13. The van der Waals surface area contributed by atoms with Crippen LogP contribution in [0.15, 0.2) is 97.8 Å². The number of hydrogen-bond acceptors (Lipinski definition) is 6. The molecule has 0 N–H and O–H groups in total. The predicted octanol–water partition coefficient (Wildman–Crippen LogP) is 4.85. The number of pyridine rings is 1. The Bertz CT molecular complexity index is 1220. The smallest absolute Gasteiger partial charge is 0.159 e.